The lowest BCUT2D eigenvalue weighted by atomic mass is 9.44. The van der Waals surface area contributed by atoms with Crippen LogP contribution in [0, 0.1) is 36.0 Å². The predicted molar refractivity (Wildman–Crippen MR) is 88.9 cm³/mol. The molecule has 1 aromatic rings. The second kappa shape index (κ2) is 5.64. The molecule has 126 valence electrons. The van der Waals surface area contributed by atoms with E-state index in [0.29, 0.717) is 11.9 Å². The first-order valence-electron chi connectivity index (χ1n) is 9.34. The predicted octanol–water partition coefficient (Wildman–Crippen LogP) is 4.55. The van der Waals surface area contributed by atoms with Gasteiger partial charge in [-0.25, -0.2) is 0 Å². The lowest BCUT2D eigenvalue weighted by molar-refractivity contribution is -0.155. The molecule has 4 heteroatoms. The molecule has 0 saturated heterocycles. The number of hydrogen-bond acceptors (Lipinski definition) is 3. The monoisotopic (exact) mass is 316 g/mol. The highest BCUT2D eigenvalue weighted by Crippen LogP contribution is 2.64. The molecule has 1 heterocycles. The van der Waals surface area contributed by atoms with E-state index in [-0.39, 0.29) is 11.3 Å². The molecule has 3 atom stereocenters. The normalized spacial score (nSPS) is 38.0. The maximum atomic E-state index is 13.2. The standard InChI is InChI=1S/C19H28N2O2/c1-3-4-5-16-15-7-13-6-14(8-15)10-19(16,9-13)17(22)21-18-20-12(2)11-23-18/h11,13-16H,3-10H2,1-2H3,(H,20,21,22). The van der Waals surface area contributed by atoms with Crippen molar-refractivity contribution in [1.29, 1.82) is 0 Å². The molecule has 5 rings (SSSR count). The number of anilines is 1. The summed E-state index contributed by atoms with van der Waals surface area (Å²) >= 11 is 0. The highest BCUT2D eigenvalue weighted by atomic mass is 16.4. The Morgan fingerprint density at radius 2 is 2.09 bits per heavy atom. The number of carbonyl (C=O) groups is 1. The Hall–Kier alpha value is -1.32. The summed E-state index contributed by atoms with van der Waals surface area (Å²) < 4.78 is 5.37. The van der Waals surface area contributed by atoms with Gasteiger partial charge in [0.2, 0.25) is 5.91 Å². The van der Waals surface area contributed by atoms with Crippen LogP contribution in [0.1, 0.15) is 64.0 Å². The first-order valence-corrected chi connectivity index (χ1v) is 9.34. The molecule has 1 aromatic heterocycles. The van der Waals surface area contributed by atoms with Gasteiger partial charge < -0.3 is 4.42 Å². The average Bonchev–Trinajstić information content (AvgIpc) is 2.91. The van der Waals surface area contributed by atoms with Crippen LogP contribution >= 0.6 is 0 Å². The van der Waals surface area contributed by atoms with Crippen molar-refractivity contribution in [3.63, 3.8) is 0 Å². The smallest absolute Gasteiger partial charge is 0.301 e. The van der Waals surface area contributed by atoms with Crippen molar-refractivity contribution < 1.29 is 9.21 Å². The second-order valence-corrected chi connectivity index (χ2v) is 8.26. The maximum absolute atomic E-state index is 13.2. The van der Waals surface area contributed by atoms with Gasteiger partial charge in [0.1, 0.15) is 6.26 Å². The fraction of sp³-hybridized carbons (Fsp3) is 0.789. The van der Waals surface area contributed by atoms with Crippen molar-refractivity contribution in [2.24, 2.45) is 29.1 Å². The number of nitrogens with one attached hydrogen (secondary N) is 1. The summed E-state index contributed by atoms with van der Waals surface area (Å²) in [6.07, 6.45) is 11.5. The van der Waals surface area contributed by atoms with E-state index in [4.69, 9.17) is 4.42 Å². The van der Waals surface area contributed by atoms with Crippen molar-refractivity contribution >= 4 is 11.9 Å². The minimum Gasteiger partial charge on any atom is -0.432 e. The lowest BCUT2D eigenvalue weighted by Crippen LogP contribution is -2.57. The molecule has 1 amide bonds. The summed E-state index contributed by atoms with van der Waals surface area (Å²) in [5, 5.41) is 3.01. The third kappa shape index (κ3) is 2.50. The Morgan fingerprint density at radius 3 is 2.70 bits per heavy atom. The topological polar surface area (TPSA) is 55.1 Å². The SMILES string of the molecule is CCCCC1C2CC3CC(C2)CC1(C(=O)Nc1nc(C)co1)C3. The summed E-state index contributed by atoms with van der Waals surface area (Å²) in [6.45, 7) is 4.13. The van der Waals surface area contributed by atoms with Gasteiger partial charge in [-0.2, -0.15) is 4.98 Å². The Labute approximate surface area is 138 Å². The molecule has 4 aliphatic carbocycles. The minimum absolute atomic E-state index is 0.160. The molecular formula is C19H28N2O2. The Balaban J connectivity index is 1.60. The van der Waals surface area contributed by atoms with E-state index < -0.39 is 0 Å². The molecule has 4 fully saturated rings. The zero-order valence-electron chi connectivity index (χ0n) is 14.3. The van der Waals surface area contributed by atoms with Gasteiger partial charge in [0, 0.05) is 0 Å². The molecule has 0 aromatic carbocycles. The molecule has 0 aliphatic heterocycles. The molecular weight excluding hydrogens is 288 g/mol. The van der Waals surface area contributed by atoms with Crippen LogP contribution in [0.2, 0.25) is 0 Å². The largest absolute Gasteiger partial charge is 0.432 e. The highest BCUT2D eigenvalue weighted by Gasteiger charge is 2.60. The first-order chi connectivity index (χ1) is 11.1. The zero-order chi connectivity index (χ0) is 16.0. The Bertz CT molecular complexity index is 580. The summed E-state index contributed by atoms with van der Waals surface area (Å²) in [7, 11) is 0. The van der Waals surface area contributed by atoms with Crippen molar-refractivity contribution in [1.82, 2.24) is 4.98 Å². The van der Waals surface area contributed by atoms with Crippen LogP contribution in [0.25, 0.3) is 0 Å². The number of oxazole rings is 1. The lowest BCUT2D eigenvalue weighted by Gasteiger charge is -2.60. The number of aryl methyl sites for hydroxylation is 1. The zero-order valence-corrected chi connectivity index (χ0v) is 14.3. The summed E-state index contributed by atoms with van der Waals surface area (Å²) in [4.78, 5) is 17.5. The van der Waals surface area contributed by atoms with Crippen LogP contribution in [0.4, 0.5) is 6.01 Å². The Kier molecular flexibility index (Phi) is 3.73. The van der Waals surface area contributed by atoms with Gasteiger partial charge in [-0.15, -0.1) is 0 Å². The van der Waals surface area contributed by atoms with Crippen LogP contribution in [0.3, 0.4) is 0 Å². The van der Waals surface area contributed by atoms with Gasteiger partial charge in [-0.3, -0.25) is 10.1 Å². The van der Waals surface area contributed by atoms with Crippen LogP contribution in [0.5, 0.6) is 0 Å². The molecule has 23 heavy (non-hydrogen) atoms. The average molecular weight is 316 g/mol. The van der Waals surface area contributed by atoms with Crippen LogP contribution in [0.15, 0.2) is 10.7 Å². The number of unbranched alkanes of at least 4 members (excludes halogenated alkanes) is 1. The second-order valence-electron chi connectivity index (χ2n) is 8.26. The van der Waals surface area contributed by atoms with E-state index in [1.807, 2.05) is 6.92 Å². The highest BCUT2D eigenvalue weighted by molar-refractivity contribution is 5.94. The molecule has 4 bridgehead atoms. The van der Waals surface area contributed by atoms with E-state index in [1.165, 1.54) is 38.5 Å². The summed E-state index contributed by atoms with van der Waals surface area (Å²) in [5.41, 5.74) is 0.653. The molecule has 3 unspecified atom stereocenters. The number of carbonyl (C=O) groups excluding carboxylic acids is 1. The number of rotatable bonds is 5. The van der Waals surface area contributed by atoms with Crippen LogP contribution in [-0.4, -0.2) is 10.9 Å². The van der Waals surface area contributed by atoms with Gasteiger partial charge in [-0.05, 0) is 69.1 Å². The van der Waals surface area contributed by atoms with E-state index in [1.54, 1.807) is 6.26 Å². The summed E-state index contributed by atoms with van der Waals surface area (Å²) in [5.74, 6) is 3.04. The number of nitrogens with zero attached hydrogens (tertiary/aromatic N) is 1. The molecule has 0 radical (unpaired) electrons. The molecule has 1 N–H and O–H groups in total. The summed E-state index contributed by atoms with van der Waals surface area (Å²) in [6, 6.07) is 0.373. The fourth-order valence-corrected chi connectivity index (χ4v) is 6.07. The van der Waals surface area contributed by atoms with Crippen LogP contribution < -0.4 is 5.32 Å². The molecule has 4 aliphatic rings. The molecule has 4 nitrogen and oxygen atoms in total. The number of aromatic nitrogens is 1. The van der Waals surface area contributed by atoms with Gasteiger partial charge >= 0.3 is 6.01 Å². The molecule has 4 saturated carbocycles. The first kappa shape index (κ1) is 15.2. The van der Waals surface area contributed by atoms with Gasteiger partial charge in [0.15, 0.2) is 0 Å². The van der Waals surface area contributed by atoms with E-state index in [2.05, 4.69) is 17.2 Å². The van der Waals surface area contributed by atoms with Crippen molar-refractivity contribution in [3.8, 4) is 0 Å². The maximum Gasteiger partial charge on any atom is 0.301 e. The number of amides is 1. The fourth-order valence-electron chi connectivity index (χ4n) is 6.07. The Morgan fingerprint density at radius 1 is 1.35 bits per heavy atom. The molecule has 0 spiro atoms. The van der Waals surface area contributed by atoms with Gasteiger partial charge in [0.05, 0.1) is 11.1 Å². The van der Waals surface area contributed by atoms with Gasteiger partial charge in [-0.1, -0.05) is 19.8 Å². The van der Waals surface area contributed by atoms with Crippen molar-refractivity contribution in [2.75, 3.05) is 5.32 Å². The van der Waals surface area contributed by atoms with Crippen LogP contribution in [-0.2, 0) is 4.79 Å². The van der Waals surface area contributed by atoms with E-state index in [9.17, 15) is 4.79 Å². The van der Waals surface area contributed by atoms with Crippen molar-refractivity contribution in [2.45, 2.75) is 65.2 Å². The van der Waals surface area contributed by atoms with E-state index >= 15 is 0 Å². The number of hydrogen-bond donors (Lipinski definition) is 1. The third-order valence-electron chi connectivity index (χ3n) is 6.68. The quantitative estimate of drug-likeness (QED) is 0.866. The minimum atomic E-state index is -0.160. The third-order valence-corrected chi connectivity index (χ3v) is 6.68. The van der Waals surface area contributed by atoms with Crippen molar-refractivity contribution in [3.05, 3.63) is 12.0 Å². The van der Waals surface area contributed by atoms with E-state index in [0.717, 1.165) is 36.3 Å². The van der Waals surface area contributed by atoms with Gasteiger partial charge in [0.25, 0.3) is 0 Å².